The first-order chi connectivity index (χ1) is 8.69. The van der Waals surface area contributed by atoms with E-state index in [0.717, 1.165) is 12.1 Å². The van der Waals surface area contributed by atoms with Crippen molar-refractivity contribution in [1.82, 2.24) is 4.98 Å². The molecule has 0 saturated carbocycles. The molecule has 0 saturated heterocycles. The summed E-state index contributed by atoms with van der Waals surface area (Å²) in [7, 11) is 0. The fourth-order valence-electron chi connectivity index (χ4n) is 1.55. The Hall–Kier alpha value is -1.87. The van der Waals surface area contributed by atoms with Gasteiger partial charge in [-0.1, -0.05) is 36.7 Å². The van der Waals surface area contributed by atoms with E-state index in [0.29, 0.717) is 10.8 Å². The lowest BCUT2D eigenvalue weighted by atomic mass is 10.1. The molecule has 0 spiro atoms. The Kier molecular flexibility index (Phi) is 3.95. The van der Waals surface area contributed by atoms with Crippen LogP contribution >= 0.6 is 11.6 Å². The molecule has 0 aliphatic heterocycles. The third kappa shape index (κ3) is 3.08. The molecule has 3 nitrogen and oxygen atoms in total. The molecule has 18 heavy (non-hydrogen) atoms. The van der Waals surface area contributed by atoms with Crippen molar-refractivity contribution in [2.75, 3.05) is 5.32 Å². The van der Waals surface area contributed by atoms with Crippen LogP contribution in [0.15, 0.2) is 42.5 Å². The van der Waals surface area contributed by atoms with Gasteiger partial charge in [0, 0.05) is 5.69 Å². The fourth-order valence-corrected chi connectivity index (χ4v) is 1.72. The molecule has 1 aromatic carbocycles. The first-order valence-corrected chi connectivity index (χ1v) is 6.09. The van der Waals surface area contributed by atoms with Crippen molar-refractivity contribution in [3.63, 3.8) is 0 Å². The standard InChI is InChI=1S/C14H13ClN2O/c1-2-10-6-8-11(9-7-10)16-14(18)12-4-3-5-13(15)17-12/h3-9H,2H2,1H3,(H,16,18). The number of pyridine rings is 1. The summed E-state index contributed by atoms with van der Waals surface area (Å²) in [5.74, 6) is -0.262. The molecule has 2 rings (SSSR count). The van der Waals surface area contributed by atoms with Gasteiger partial charge in [-0.05, 0) is 36.2 Å². The predicted molar refractivity (Wildman–Crippen MR) is 73.0 cm³/mol. The highest BCUT2D eigenvalue weighted by atomic mass is 35.5. The number of amides is 1. The number of halogens is 1. The Bertz CT molecular complexity index is 552. The Balaban J connectivity index is 2.11. The van der Waals surface area contributed by atoms with E-state index in [2.05, 4.69) is 17.2 Å². The lowest BCUT2D eigenvalue weighted by Crippen LogP contribution is -2.13. The SMILES string of the molecule is CCc1ccc(NC(=O)c2cccc(Cl)n2)cc1. The molecule has 2 aromatic rings. The highest BCUT2D eigenvalue weighted by Gasteiger charge is 2.07. The highest BCUT2D eigenvalue weighted by Crippen LogP contribution is 2.12. The average Bonchev–Trinajstić information content (AvgIpc) is 2.39. The maximum atomic E-state index is 11.9. The minimum Gasteiger partial charge on any atom is -0.321 e. The molecule has 0 atom stereocenters. The summed E-state index contributed by atoms with van der Waals surface area (Å²) in [5, 5.41) is 3.09. The van der Waals surface area contributed by atoms with Gasteiger partial charge in [0.05, 0.1) is 0 Å². The molecule has 0 fully saturated rings. The number of nitrogens with one attached hydrogen (secondary N) is 1. The molecule has 0 radical (unpaired) electrons. The molecule has 0 aliphatic rings. The Morgan fingerprint density at radius 1 is 1.22 bits per heavy atom. The summed E-state index contributed by atoms with van der Waals surface area (Å²) >= 11 is 5.74. The number of rotatable bonds is 3. The van der Waals surface area contributed by atoms with Gasteiger partial charge in [-0.3, -0.25) is 4.79 Å². The van der Waals surface area contributed by atoms with E-state index in [-0.39, 0.29) is 5.91 Å². The van der Waals surface area contributed by atoms with Crippen molar-refractivity contribution in [1.29, 1.82) is 0 Å². The first-order valence-electron chi connectivity index (χ1n) is 5.72. The summed E-state index contributed by atoms with van der Waals surface area (Å²) < 4.78 is 0. The van der Waals surface area contributed by atoms with Crippen molar-refractivity contribution in [2.45, 2.75) is 13.3 Å². The first kappa shape index (κ1) is 12.6. The molecule has 0 aliphatic carbocycles. The van der Waals surface area contributed by atoms with Crippen molar-refractivity contribution in [3.05, 3.63) is 58.9 Å². The van der Waals surface area contributed by atoms with Crippen LogP contribution < -0.4 is 5.32 Å². The topological polar surface area (TPSA) is 42.0 Å². The molecule has 4 heteroatoms. The molecule has 1 amide bonds. The van der Waals surface area contributed by atoms with Gasteiger partial charge in [-0.25, -0.2) is 4.98 Å². The van der Waals surface area contributed by atoms with Crippen LogP contribution in [0.2, 0.25) is 5.15 Å². The molecule has 0 bridgehead atoms. The summed E-state index contributed by atoms with van der Waals surface area (Å²) in [4.78, 5) is 15.8. The number of aromatic nitrogens is 1. The number of carbonyl (C=O) groups is 1. The average molecular weight is 261 g/mol. The normalized spacial score (nSPS) is 10.1. The van der Waals surface area contributed by atoms with E-state index in [1.54, 1.807) is 18.2 Å². The molecule has 1 heterocycles. The molecule has 1 N–H and O–H groups in total. The van der Waals surface area contributed by atoms with Crippen molar-refractivity contribution in [2.24, 2.45) is 0 Å². The van der Waals surface area contributed by atoms with Crippen LogP contribution in [0.5, 0.6) is 0 Å². The third-order valence-corrected chi connectivity index (χ3v) is 2.78. The number of anilines is 1. The minimum atomic E-state index is -0.262. The van der Waals surface area contributed by atoms with Crippen LogP contribution in [-0.2, 0) is 6.42 Å². The molecule has 1 aromatic heterocycles. The summed E-state index contributed by atoms with van der Waals surface area (Å²) in [6, 6.07) is 12.7. The second-order valence-electron chi connectivity index (χ2n) is 3.85. The van der Waals surface area contributed by atoms with Crippen molar-refractivity contribution in [3.8, 4) is 0 Å². The predicted octanol–water partition coefficient (Wildman–Crippen LogP) is 3.55. The molecule has 0 unspecified atom stereocenters. The smallest absolute Gasteiger partial charge is 0.274 e. The lowest BCUT2D eigenvalue weighted by Gasteiger charge is -2.05. The Morgan fingerprint density at radius 2 is 1.94 bits per heavy atom. The van der Waals surface area contributed by atoms with Crippen LogP contribution in [0.1, 0.15) is 23.0 Å². The number of hydrogen-bond donors (Lipinski definition) is 1. The van der Waals surface area contributed by atoms with Gasteiger partial charge in [-0.2, -0.15) is 0 Å². The highest BCUT2D eigenvalue weighted by molar-refractivity contribution is 6.29. The fraction of sp³-hybridized carbons (Fsp3) is 0.143. The van der Waals surface area contributed by atoms with Crippen LogP contribution in [0.25, 0.3) is 0 Å². The van der Waals surface area contributed by atoms with Gasteiger partial charge in [0.2, 0.25) is 0 Å². The summed E-state index contributed by atoms with van der Waals surface area (Å²) in [6.45, 7) is 2.09. The van der Waals surface area contributed by atoms with Gasteiger partial charge in [0.25, 0.3) is 5.91 Å². The number of hydrogen-bond acceptors (Lipinski definition) is 2. The minimum absolute atomic E-state index is 0.262. The second-order valence-corrected chi connectivity index (χ2v) is 4.24. The maximum Gasteiger partial charge on any atom is 0.274 e. The molecular weight excluding hydrogens is 248 g/mol. The number of aryl methyl sites for hydroxylation is 1. The van der Waals surface area contributed by atoms with Gasteiger partial charge < -0.3 is 5.32 Å². The Morgan fingerprint density at radius 3 is 2.56 bits per heavy atom. The second kappa shape index (κ2) is 5.65. The van der Waals surface area contributed by atoms with Gasteiger partial charge >= 0.3 is 0 Å². The van der Waals surface area contributed by atoms with Crippen LogP contribution in [0.4, 0.5) is 5.69 Å². The number of benzene rings is 1. The monoisotopic (exact) mass is 260 g/mol. The van der Waals surface area contributed by atoms with E-state index in [1.807, 2.05) is 24.3 Å². The van der Waals surface area contributed by atoms with Crippen LogP contribution in [0, 0.1) is 0 Å². The largest absolute Gasteiger partial charge is 0.321 e. The van der Waals surface area contributed by atoms with Crippen LogP contribution in [0.3, 0.4) is 0 Å². The zero-order valence-electron chi connectivity index (χ0n) is 9.98. The Labute approximate surface area is 111 Å². The summed E-state index contributed by atoms with van der Waals surface area (Å²) in [6.07, 6.45) is 0.976. The van der Waals surface area contributed by atoms with Crippen LogP contribution in [-0.4, -0.2) is 10.9 Å². The zero-order chi connectivity index (χ0) is 13.0. The van der Waals surface area contributed by atoms with Crippen molar-refractivity contribution >= 4 is 23.2 Å². The van der Waals surface area contributed by atoms with E-state index < -0.39 is 0 Å². The third-order valence-electron chi connectivity index (χ3n) is 2.57. The van der Waals surface area contributed by atoms with Crippen molar-refractivity contribution < 1.29 is 4.79 Å². The lowest BCUT2D eigenvalue weighted by molar-refractivity contribution is 0.102. The van der Waals surface area contributed by atoms with Gasteiger partial charge in [0.15, 0.2) is 0 Å². The van der Waals surface area contributed by atoms with E-state index in [1.165, 1.54) is 5.56 Å². The van der Waals surface area contributed by atoms with E-state index in [9.17, 15) is 4.79 Å². The number of carbonyl (C=O) groups excluding carboxylic acids is 1. The van der Waals surface area contributed by atoms with E-state index in [4.69, 9.17) is 11.6 Å². The maximum absolute atomic E-state index is 11.9. The molecule has 92 valence electrons. The quantitative estimate of drug-likeness (QED) is 0.858. The van der Waals surface area contributed by atoms with Gasteiger partial charge in [0.1, 0.15) is 10.8 Å². The summed E-state index contributed by atoms with van der Waals surface area (Å²) in [5.41, 5.74) is 2.29. The van der Waals surface area contributed by atoms with E-state index >= 15 is 0 Å². The molecular formula is C14H13ClN2O. The van der Waals surface area contributed by atoms with Gasteiger partial charge in [-0.15, -0.1) is 0 Å². The zero-order valence-corrected chi connectivity index (χ0v) is 10.7. The number of nitrogens with zero attached hydrogens (tertiary/aromatic N) is 1.